The average Bonchev–Trinajstić information content (AvgIpc) is 2.92. The van der Waals surface area contributed by atoms with Crippen molar-refractivity contribution in [2.24, 2.45) is 10.9 Å². The maximum Gasteiger partial charge on any atom is 0.242 e. The number of benzene rings is 2. The van der Waals surface area contributed by atoms with E-state index in [0.717, 1.165) is 23.0 Å². The smallest absolute Gasteiger partial charge is 0.242 e. The Kier molecular flexibility index (Phi) is 6.22. The number of amidine groups is 1. The molecule has 0 radical (unpaired) electrons. The highest BCUT2D eigenvalue weighted by atomic mass is 32.2. The first-order chi connectivity index (χ1) is 13.0. The molecule has 0 aromatic heterocycles. The van der Waals surface area contributed by atoms with E-state index in [1.165, 1.54) is 11.1 Å². The quantitative estimate of drug-likeness (QED) is 0.718. The van der Waals surface area contributed by atoms with Crippen LogP contribution in [0.2, 0.25) is 0 Å². The number of rotatable bonds is 6. The lowest BCUT2D eigenvalue weighted by Gasteiger charge is -2.18. The summed E-state index contributed by atoms with van der Waals surface area (Å²) >= 11 is 1.57. The van der Waals surface area contributed by atoms with Crippen molar-refractivity contribution in [3.63, 3.8) is 0 Å². The molecule has 0 aliphatic carbocycles. The van der Waals surface area contributed by atoms with Crippen molar-refractivity contribution in [3.8, 4) is 5.75 Å². The van der Waals surface area contributed by atoms with Crippen LogP contribution in [0.1, 0.15) is 25.0 Å². The molecule has 0 saturated carbocycles. The second-order valence-electron chi connectivity index (χ2n) is 7.23. The van der Waals surface area contributed by atoms with Gasteiger partial charge in [0.05, 0.1) is 18.0 Å². The van der Waals surface area contributed by atoms with Gasteiger partial charge in [0.2, 0.25) is 5.91 Å². The summed E-state index contributed by atoms with van der Waals surface area (Å²) in [4.78, 5) is 19.6. The van der Waals surface area contributed by atoms with Crippen LogP contribution >= 0.6 is 11.8 Å². The first-order valence-electron chi connectivity index (χ1n) is 9.22. The van der Waals surface area contributed by atoms with Gasteiger partial charge in [0.15, 0.2) is 5.17 Å². The van der Waals surface area contributed by atoms with Crippen molar-refractivity contribution in [2.45, 2.75) is 32.4 Å². The second-order valence-corrected chi connectivity index (χ2v) is 8.40. The third-order valence-corrected chi connectivity index (χ3v) is 5.58. The number of thioether (sulfide) groups is 1. The summed E-state index contributed by atoms with van der Waals surface area (Å²) < 4.78 is 5.20. The minimum absolute atomic E-state index is 0.122. The number of aryl methyl sites for hydroxylation is 1. The van der Waals surface area contributed by atoms with Gasteiger partial charge < -0.3 is 4.74 Å². The molecule has 1 fully saturated rings. The zero-order valence-corrected chi connectivity index (χ0v) is 17.1. The van der Waals surface area contributed by atoms with Crippen molar-refractivity contribution in [1.29, 1.82) is 0 Å². The van der Waals surface area contributed by atoms with Gasteiger partial charge in [-0.1, -0.05) is 55.4 Å². The topological polar surface area (TPSA) is 41.9 Å². The zero-order chi connectivity index (χ0) is 19.4. The third kappa shape index (κ3) is 4.92. The van der Waals surface area contributed by atoms with Crippen molar-refractivity contribution in [2.75, 3.05) is 13.7 Å². The summed E-state index contributed by atoms with van der Waals surface area (Å²) in [6, 6.07) is 16.0. The van der Waals surface area contributed by atoms with Crippen LogP contribution in [0.15, 0.2) is 53.5 Å². The van der Waals surface area contributed by atoms with Crippen LogP contribution in [-0.4, -0.2) is 34.9 Å². The minimum atomic E-state index is -0.122. The summed E-state index contributed by atoms with van der Waals surface area (Å²) in [5, 5.41) is 0.666. The molecular weight excluding hydrogens is 356 g/mol. The maximum absolute atomic E-state index is 13.0. The van der Waals surface area contributed by atoms with E-state index in [4.69, 9.17) is 9.73 Å². The van der Waals surface area contributed by atoms with Gasteiger partial charge in [-0.05, 0) is 49.1 Å². The number of aliphatic imine (C=N–C) groups is 1. The summed E-state index contributed by atoms with van der Waals surface area (Å²) in [5.41, 5.74) is 3.24. The molecule has 1 amide bonds. The first-order valence-corrected chi connectivity index (χ1v) is 10.1. The molecule has 1 saturated heterocycles. The monoisotopic (exact) mass is 382 g/mol. The van der Waals surface area contributed by atoms with Crippen LogP contribution in [0.3, 0.4) is 0 Å². The number of carbonyl (C=O) groups is 1. The molecule has 142 valence electrons. The van der Waals surface area contributed by atoms with Crippen LogP contribution in [0, 0.1) is 12.8 Å². The van der Waals surface area contributed by atoms with Gasteiger partial charge in [-0.15, -0.1) is 0 Å². The van der Waals surface area contributed by atoms with Crippen molar-refractivity contribution >= 4 is 28.5 Å². The van der Waals surface area contributed by atoms with Crippen LogP contribution in [0.25, 0.3) is 0 Å². The highest BCUT2D eigenvalue weighted by Gasteiger charge is 2.38. The van der Waals surface area contributed by atoms with E-state index >= 15 is 0 Å². The van der Waals surface area contributed by atoms with Gasteiger partial charge in [0.25, 0.3) is 0 Å². The molecule has 1 heterocycles. The summed E-state index contributed by atoms with van der Waals surface area (Å²) in [6.45, 7) is 7.00. The lowest BCUT2D eigenvalue weighted by atomic mass is 10.1. The van der Waals surface area contributed by atoms with Gasteiger partial charge in [-0.2, -0.15) is 0 Å². The fourth-order valence-corrected chi connectivity index (χ4v) is 4.17. The van der Waals surface area contributed by atoms with Gasteiger partial charge in [0.1, 0.15) is 5.75 Å². The Hall–Kier alpha value is -2.27. The highest BCUT2D eigenvalue weighted by Crippen LogP contribution is 2.32. The standard InChI is InChI=1S/C22H26N2O2S/c1-15(2)14-24-21(25)20(13-17-7-5-16(3)6-8-17)27-22(24)23-18-9-11-19(26-4)12-10-18/h5-12,15,20H,13-14H2,1-4H3/t20-/m1/s1. The molecule has 3 rings (SSSR count). The number of amides is 1. The van der Waals surface area contributed by atoms with Gasteiger partial charge in [0, 0.05) is 6.54 Å². The molecule has 1 aliphatic rings. The van der Waals surface area contributed by atoms with Gasteiger partial charge in [-0.3, -0.25) is 9.69 Å². The fourth-order valence-electron chi connectivity index (χ4n) is 2.96. The normalized spacial score (nSPS) is 18.6. The van der Waals surface area contributed by atoms with E-state index in [1.54, 1.807) is 18.9 Å². The molecular formula is C22H26N2O2S. The molecule has 1 aliphatic heterocycles. The molecule has 0 spiro atoms. The van der Waals surface area contributed by atoms with Crippen LogP contribution in [-0.2, 0) is 11.2 Å². The number of carbonyl (C=O) groups excluding carboxylic acids is 1. The first kappa shape index (κ1) is 19.5. The largest absolute Gasteiger partial charge is 0.497 e. The van der Waals surface area contributed by atoms with E-state index in [0.29, 0.717) is 12.5 Å². The van der Waals surface area contributed by atoms with Crippen molar-refractivity contribution in [1.82, 2.24) is 4.90 Å². The molecule has 0 bridgehead atoms. The summed E-state index contributed by atoms with van der Waals surface area (Å²) in [7, 11) is 1.65. The lowest BCUT2D eigenvalue weighted by Crippen LogP contribution is -2.35. The number of ether oxygens (including phenoxy) is 1. The molecule has 1 atom stereocenters. The van der Waals surface area contributed by atoms with E-state index in [-0.39, 0.29) is 11.2 Å². The summed E-state index contributed by atoms with van der Waals surface area (Å²) in [5.74, 6) is 1.33. The predicted octanol–water partition coefficient (Wildman–Crippen LogP) is 4.83. The molecule has 27 heavy (non-hydrogen) atoms. The van der Waals surface area contributed by atoms with E-state index in [1.807, 2.05) is 29.2 Å². The Morgan fingerprint density at radius 1 is 1.11 bits per heavy atom. The lowest BCUT2D eigenvalue weighted by molar-refractivity contribution is -0.126. The van der Waals surface area contributed by atoms with Gasteiger partial charge in [-0.25, -0.2) is 4.99 Å². The Labute approximate surface area is 165 Å². The molecule has 0 N–H and O–H groups in total. The molecule has 5 heteroatoms. The van der Waals surface area contributed by atoms with E-state index in [9.17, 15) is 4.79 Å². The van der Waals surface area contributed by atoms with E-state index < -0.39 is 0 Å². The Morgan fingerprint density at radius 3 is 2.37 bits per heavy atom. The Bertz CT molecular complexity index is 813. The third-order valence-electron chi connectivity index (χ3n) is 4.41. The fraction of sp³-hybridized carbons (Fsp3) is 0.364. The molecule has 4 nitrogen and oxygen atoms in total. The number of nitrogens with zero attached hydrogens (tertiary/aromatic N) is 2. The predicted molar refractivity (Wildman–Crippen MR) is 113 cm³/mol. The number of methoxy groups -OCH3 is 1. The Morgan fingerprint density at radius 2 is 1.78 bits per heavy atom. The van der Waals surface area contributed by atoms with Crippen LogP contribution < -0.4 is 4.74 Å². The zero-order valence-electron chi connectivity index (χ0n) is 16.3. The Balaban J connectivity index is 1.83. The minimum Gasteiger partial charge on any atom is -0.497 e. The van der Waals surface area contributed by atoms with Gasteiger partial charge >= 0.3 is 0 Å². The number of hydrogen-bond acceptors (Lipinski definition) is 4. The van der Waals surface area contributed by atoms with Crippen molar-refractivity contribution < 1.29 is 9.53 Å². The van der Waals surface area contributed by atoms with E-state index in [2.05, 4.69) is 45.0 Å². The maximum atomic E-state index is 13.0. The molecule has 2 aromatic carbocycles. The second kappa shape index (κ2) is 8.61. The molecule has 0 unspecified atom stereocenters. The number of hydrogen-bond donors (Lipinski definition) is 0. The van der Waals surface area contributed by atoms with Crippen LogP contribution in [0.5, 0.6) is 5.75 Å². The van der Waals surface area contributed by atoms with Crippen LogP contribution in [0.4, 0.5) is 5.69 Å². The highest BCUT2D eigenvalue weighted by molar-refractivity contribution is 8.15. The SMILES string of the molecule is COc1ccc(N=C2S[C@H](Cc3ccc(C)cc3)C(=O)N2CC(C)C)cc1. The molecule has 2 aromatic rings. The average molecular weight is 383 g/mol. The summed E-state index contributed by atoms with van der Waals surface area (Å²) in [6.07, 6.45) is 0.722. The van der Waals surface area contributed by atoms with Crippen molar-refractivity contribution in [3.05, 3.63) is 59.7 Å².